The molecule has 18 heavy (non-hydrogen) atoms. The van der Waals surface area contributed by atoms with E-state index in [9.17, 15) is 4.39 Å². The first-order chi connectivity index (χ1) is 8.60. The summed E-state index contributed by atoms with van der Waals surface area (Å²) >= 11 is 0. The van der Waals surface area contributed by atoms with Gasteiger partial charge in [0.2, 0.25) is 0 Å². The number of nitrogens with one attached hydrogen (secondary N) is 1. The van der Waals surface area contributed by atoms with Crippen molar-refractivity contribution in [3.63, 3.8) is 0 Å². The van der Waals surface area contributed by atoms with Gasteiger partial charge in [-0.15, -0.1) is 0 Å². The molecule has 1 aliphatic rings. The van der Waals surface area contributed by atoms with Crippen LogP contribution in [0.25, 0.3) is 0 Å². The molecule has 2 rings (SSSR count). The van der Waals surface area contributed by atoms with Crippen LogP contribution >= 0.6 is 0 Å². The Morgan fingerprint density at radius 3 is 2.78 bits per heavy atom. The molecule has 3 atom stereocenters. The molecular formula is C15H22FNO. The average molecular weight is 251 g/mol. The minimum Gasteiger partial charge on any atom is -0.489 e. The molecular weight excluding hydrogens is 229 g/mol. The van der Waals surface area contributed by atoms with E-state index in [1.54, 1.807) is 19.1 Å². The quantitative estimate of drug-likeness (QED) is 0.890. The summed E-state index contributed by atoms with van der Waals surface area (Å²) in [5, 5.41) is 3.32. The molecule has 1 aromatic rings. The normalized spacial score (nSPS) is 28.1. The van der Waals surface area contributed by atoms with Crippen molar-refractivity contribution >= 4 is 0 Å². The van der Waals surface area contributed by atoms with Gasteiger partial charge in [0.25, 0.3) is 0 Å². The highest BCUT2D eigenvalue weighted by Gasteiger charge is 2.29. The molecule has 100 valence electrons. The van der Waals surface area contributed by atoms with Gasteiger partial charge in [-0.2, -0.15) is 0 Å². The Labute approximate surface area is 109 Å². The summed E-state index contributed by atoms with van der Waals surface area (Å²) in [4.78, 5) is 0. The van der Waals surface area contributed by atoms with Crippen molar-refractivity contribution in [2.75, 3.05) is 7.05 Å². The molecule has 1 N–H and O–H groups in total. The second kappa shape index (κ2) is 5.70. The van der Waals surface area contributed by atoms with Crippen LogP contribution in [0.1, 0.15) is 31.7 Å². The Hall–Kier alpha value is -1.09. The van der Waals surface area contributed by atoms with Gasteiger partial charge >= 0.3 is 0 Å². The SMILES string of the molecule is CNC1CCC(C)CC1Oc1ccc(F)c(C)c1. The minimum atomic E-state index is -0.176. The van der Waals surface area contributed by atoms with Crippen LogP contribution in [0.4, 0.5) is 4.39 Å². The summed E-state index contributed by atoms with van der Waals surface area (Å²) in [5.41, 5.74) is 0.636. The van der Waals surface area contributed by atoms with Gasteiger partial charge < -0.3 is 10.1 Å². The maximum absolute atomic E-state index is 13.2. The summed E-state index contributed by atoms with van der Waals surface area (Å²) in [7, 11) is 1.98. The highest BCUT2D eigenvalue weighted by atomic mass is 19.1. The monoisotopic (exact) mass is 251 g/mol. The van der Waals surface area contributed by atoms with E-state index in [-0.39, 0.29) is 11.9 Å². The summed E-state index contributed by atoms with van der Waals surface area (Å²) in [6, 6.07) is 5.37. The van der Waals surface area contributed by atoms with Crippen LogP contribution in [0.3, 0.4) is 0 Å². The first kappa shape index (κ1) is 13.3. The van der Waals surface area contributed by atoms with E-state index in [2.05, 4.69) is 12.2 Å². The van der Waals surface area contributed by atoms with Crippen molar-refractivity contribution in [1.29, 1.82) is 0 Å². The number of ether oxygens (including phenoxy) is 1. The molecule has 0 spiro atoms. The predicted molar refractivity (Wildman–Crippen MR) is 71.4 cm³/mol. The third kappa shape index (κ3) is 3.02. The Morgan fingerprint density at radius 1 is 1.33 bits per heavy atom. The molecule has 0 saturated heterocycles. The molecule has 1 aliphatic carbocycles. The van der Waals surface area contributed by atoms with Crippen LogP contribution in [0.5, 0.6) is 5.75 Å². The maximum Gasteiger partial charge on any atom is 0.126 e. The molecule has 1 fully saturated rings. The number of halogens is 1. The van der Waals surface area contributed by atoms with Gasteiger partial charge in [0.1, 0.15) is 17.7 Å². The Kier molecular flexibility index (Phi) is 4.23. The second-order valence-electron chi connectivity index (χ2n) is 5.38. The fraction of sp³-hybridized carbons (Fsp3) is 0.600. The summed E-state index contributed by atoms with van der Waals surface area (Å²) in [5.74, 6) is 1.29. The number of hydrogen-bond acceptors (Lipinski definition) is 2. The zero-order valence-corrected chi connectivity index (χ0v) is 11.4. The van der Waals surface area contributed by atoms with E-state index in [1.165, 1.54) is 12.5 Å². The van der Waals surface area contributed by atoms with Crippen LogP contribution in [-0.2, 0) is 0 Å². The van der Waals surface area contributed by atoms with Gasteiger partial charge in [0, 0.05) is 6.04 Å². The third-order valence-electron chi connectivity index (χ3n) is 3.84. The Balaban J connectivity index is 2.08. The van der Waals surface area contributed by atoms with Crippen LogP contribution in [0.15, 0.2) is 18.2 Å². The zero-order chi connectivity index (χ0) is 13.1. The van der Waals surface area contributed by atoms with Gasteiger partial charge in [0.15, 0.2) is 0 Å². The van der Waals surface area contributed by atoms with E-state index in [0.717, 1.165) is 18.6 Å². The van der Waals surface area contributed by atoms with Gasteiger partial charge in [0.05, 0.1) is 0 Å². The topological polar surface area (TPSA) is 21.3 Å². The molecule has 0 bridgehead atoms. The molecule has 2 nitrogen and oxygen atoms in total. The average Bonchev–Trinajstić information content (AvgIpc) is 2.34. The van der Waals surface area contributed by atoms with Crippen LogP contribution in [0.2, 0.25) is 0 Å². The lowest BCUT2D eigenvalue weighted by atomic mass is 9.85. The van der Waals surface area contributed by atoms with Crippen LogP contribution < -0.4 is 10.1 Å². The second-order valence-corrected chi connectivity index (χ2v) is 5.38. The molecule has 1 aromatic carbocycles. The van der Waals surface area contributed by atoms with Crippen molar-refractivity contribution in [2.24, 2.45) is 5.92 Å². The van der Waals surface area contributed by atoms with Crippen LogP contribution in [0, 0.1) is 18.7 Å². The lowest BCUT2D eigenvalue weighted by Crippen LogP contribution is -2.45. The summed E-state index contributed by atoms with van der Waals surface area (Å²) in [6.07, 6.45) is 3.63. The molecule has 1 saturated carbocycles. The van der Waals surface area contributed by atoms with E-state index in [4.69, 9.17) is 4.74 Å². The van der Waals surface area contributed by atoms with E-state index in [0.29, 0.717) is 17.5 Å². The van der Waals surface area contributed by atoms with Crippen molar-refractivity contribution in [3.8, 4) is 5.75 Å². The van der Waals surface area contributed by atoms with Crippen molar-refractivity contribution in [3.05, 3.63) is 29.6 Å². The number of aryl methyl sites for hydroxylation is 1. The highest BCUT2D eigenvalue weighted by molar-refractivity contribution is 5.29. The van der Waals surface area contributed by atoms with Crippen molar-refractivity contribution in [1.82, 2.24) is 5.32 Å². The van der Waals surface area contributed by atoms with Crippen molar-refractivity contribution < 1.29 is 9.13 Å². The fourth-order valence-electron chi connectivity index (χ4n) is 2.65. The number of rotatable bonds is 3. The van der Waals surface area contributed by atoms with Gasteiger partial charge in [-0.05, 0) is 62.9 Å². The van der Waals surface area contributed by atoms with Crippen molar-refractivity contribution in [2.45, 2.75) is 45.3 Å². The summed E-state index contributed by atoms with van der Waals surface area (Å²) in [6.45, 7) is 4.03. The zero-order valence-electron chi connectivity index (χ0n) is 11.4. The minimum absolute atomic E-state index is 0.176. The molecule has 3 heteroatoms. The van der Waals surface area contributed by atoms with Gasteiger partial charge in [-0.1, -0.05) is 6.92 Å². The Bertz CT molecular complexity index is 407. The first-order valence-electron chi connectivity index (χ1n) is 6.70. The molecule has 0 aromatic heterocycles. The molecule has 0 aliphatic heterocycles. The predicted octanol–water partition coefficient (Wildman–Crippen LogP) is 3.29. The lowest BCUT2D eigenvalue weighted by Gasteiger charge is -2.34. The van der Waals surface area contributed by atoms with E-state index >= 15 is 0 Å². The number of likely N-dealkylation sites (N-methyl/N-ethyl adjacent to an activating group) is 1. The van der Waals surface area contributed by atoms with E-state index < -0.39 is 0 Å². The number of benzene rings is 1. The molecule has 0 heterocycles. The smallest absolute Gasteiger partial charge is 0.126 e. The fourth-order valence-corrected chi connectivity index (χ4v) is 2.65. The molecule has 3 unspecified atom stereocenters. The standard InChI is InChI=1S/C15H22FNO/c1-10-4-7-14(17-3)15(8-10)18-12-5-6-13(16)11(2)9-12/h5-6,9-10,14-15,17H,4,7-8H2,1-3H3. The van der Waals surface area contributed by atoms with Gasteiger partial charge in [-0.3, -0.25) is 0 Å². The third-order valence-corrected chi connectivity index (χ3v) is 3.84. The largest absolute Gasteiger partial charge is 0.489 e. The van der Waals surface area contributed by atoms with Crippen LogP contribution in [-0.4, -0.2) is 19.2 Å². The highest BCUT2D eigenvalue weighted by Crippen LogP contribution is 2.28. The maximum atomic E-state index is 13.2. The Morgan fingerprint density at radius 2 is 2.11 bits per heavy atom. The van der Waals surface area contributed by atoms with Gasteiger partial charge in [-0.25, -0.2) is 4.39 Å². The first-order valence-corrected chi connectivity index (χ1v) is 6.70. The van der Waals surface area contributed by atoms with E-state index in [1.807, 2.05) is 7.05 Å². The lowest BCUT2D eigenvalue weighted by molar-refractivity contribution is 0.0943. The number of hydrogen-bond donors (Lipinski definition) is 1. The molecule has 0 radical (unpaired) electrons. The summed E-state index contributed by atoms with van der Waals surface area (Å²) < 4.78 is 19.3. The molecule has 0 amide bonds.